The first kappa shape index (κ1) is 17.1. The zero-order valence-electron chi connectivity index (χ0n) is 13.3. The highest BCUT2D eigenvalue weighted by atomic mass is 32.2. The van der Waals surface area contributed by atoms with Gasteiger partial charge in [-0.25, -0.2) is 13.1 Å². The van der Waals surface area contributed by atoms with Crippen LogP contribution in [-0.4, -0.2) is 28.7 Å². The van der Waals surface area contributed by atoms with Gasteiger partial charge in [-0.2, -0.15) is 0 Å². The molecule has 0 saturated carbocycles. The summed E-state index contributed by atoms with van der Waals surface area (Å²) in [5, 5.41) is 0. The number of benzene rings is 1. The van der Waals surface area contributed by atoms with Gasteiger partial charge in [0, 0.05) is 20.3 Å². The molecule has 4 nitrogen and oxygen atoms in total. The fourth-order valence-electron chi connectivity index (χ4n) is 2.36. The predicted molar refractivity (Wildman–Crippen MR) is 81.8 cm³/mol. The van der Waals surface area contributed by atoms with Crippen molar-refractivity contribution in [2.45, 2.75) is 45.9 Å². The summed E-state index contributed by atoms with van der Waals surface area (Å²) in [5.41, 5.74) is 4.93. The Morgan fingerprint density at radius 2 is 1.35 bits per heavy atom. The second-order valence-electron chi connectivity index (χ2n) is 5.20. The second-order valence-corrected chi connectivity index (χ2v) is 6.90. The number of sulfonamides is 1. The lowest BCUT2D eigenvalue weighted by atomic mass is 9.95. The number of methoxy groups -OCH3 is 1. The maximum absolute atomic E-state index is 12.5. The van der Waals surface area contributed by atoms with Crippen molar-refractivity contribution in [1.82, 2.24) is 4.72 Å². The van der Waals surface area contributed by atoms with E-state index >= 15 is 0 Å². The third kappa shape index (κ3) is 3.40. The van der Waals surface area contributed by atoms with Crippen LogP contribution in [0.5, 0.6) is 0 Å². The molecule has 0 aromatic heterocycles. The fraction of sp³-hybridized carbons (Fsp3) is 0.600. The minimum Gasteiger partial charge on any atom is -0.385 e. The summed E-state index contributed by atoms with van der Waals surface area (Å²) < 4.78 is 32.6. The highest BCUT2D eigenvalue weighted by Crippen LogP contribution is 2.29. The molecule has 0 unspecified atom stereocenters. The molecule has 1 aromatic rings. The Balaban J connectivity index is 3.19. The van der Waals surface area contributed by atoms with E-state index in [1.54, 1.807) is 7.11 Å². The first-order valence-corrected chi connectivity index (χ1v) is 8.28. The predicted octanol–water partition coefficient (Wildman–Crippen LogP) is 2.54. The molecule has 0 fully saturated rings. The number of ether oxygens (including phenoxy) is 1. The van der Waals surface area contributed by atoms with E-state index in [1.807, 2.05) is 34.6 Å². The average Bonchev–Trinajstić information content (AvgIpc) is 2.39. The molecule has 0 aliphatic heterocycles. The summed E-state index contributed by atoms with van der Waals surface area (Å²) in [5.74, 6) is 0. The van der Waals surface area contributed by atoms with Gasteiger partial charge < -0.3 is 4.74 Å². The van der Waals surface area contributed by atoms with Crippen molar-refractivity contribution in [2.24, 2.45) is 0 Å². The maximum Gasteiger partial charge on any atom is 0.241 e. The van der Waals surface area contributed by atoms with E-state index in [-0.39, 0.29) is 0 Å². The number of hydrogen-bond donors (Lipinski definition) is 1. The topological polar surface area (TPSA) is 55.4 Å². The van der Waals surface area contributed by atoms with E-state index in [1.165, 1.54) is 5.56 Å². The smallest absolute Gasteiger partial charge is 0.241 e. The molecule has 0 bridgehead atoms. The Bertz CT molecular complexity index is 563. The summed E-state index contributed by atoms with van der Waals surface area (Å²) in [6.45, 7) is 10.7. The number of nitrogens with one attached hydrogen (secondary N) is 1. The summed E-state index contributed by atoms with van der Waals surface area (Å²) in [7, 11) is -1.86. The fourth-order valence-corrected chi connectivity index (χ4v) is 4.03. The minimum atomic E-state index is -3.47. The molecular weight excluding hydrogens is 274 g/mol. The normalized spacial score (nSPS) is 11.9. The molecule has 1 aromatic carbocycles. The van der Waals surface area contributed by atoms with Gasteiger partial charge in [0.15, 0.2) is 0 Å². The lowest BCUT2D eigenvalue weighted by Gasteiger charge is -2.19. The van der Waals surface area contributed by atoms with Crippen LogP contribution in [0.1, 0.15) is 34.2 Å². The summed E-state index contributed by atoms with van der Waals surface area (Å²) >= 11 is 0. The molecule has 0 heterocycles. The van der Waals surface area contributed by atoms with Gasteiger partial charge in [-0.05, 0) is 68.9 Å². The van der Waals surface area contributed by atoms with Gasteiger partial charge in [0.1, 0.15) is 0 Å². The molecule has 114 valence electrons. The highest BCUT2D eigenvalue weighted by molar-refractivity contribution is 7.89. The van der Waals surface area contributed by atoms with Gasteiger partial charge in [0.25, 0.3) is 0 Å². The molecule has 1 N–H and O–H groups in total. The quantitative estimate of drug-likeness (QED) is 0.821. The molecule has 0 atom stereocenters. The molecule has 0 amide bonds. The Morgan fingerprint density at radius 1 is 0.900 bits per heavy atom. The number of hydrogen-bond acceptors (Lipinski definition) is 3. The van der Waals surface area contributed by atoms with Crippen LogP contribution < -0.4 is 4.72 Å². The molecule has 0 radical (unpaired) electrons. The van der Waals surface area contributed by atoms with Crippen LogP contribution in [-0.2, 0) is 14.8 Å². The molecule has 0 aliphatic rings. The van der Waals surface area contributed by atoms with Crippen LogP contribution in [0.2, 0.25) is 0 Å². The van der Waals surface area contributed by atoms with Crippen molar-refractivity contribution in [3.05, 3.63) is 27.8 Å². The van der Waals surface area contributed by atoms with E-state index in [2.05, 4.69) is 4.72 Å². The lowest BCUT2D eigenvalue weighted by molar-refractivity contribution is 0.196. The summed E-state index contributed by atoms with van der Waals surface area (Å²) in [6, 6.07) is 0. The van der Waals surface area contributed by atoms with Crippen molar-refractivity contribution in [3.63, 3.8) is 0 Å². The molecule has 5 heteroatoms. The standard InChI is InChI=1S/C15H25NO3S/c1-10-11(2)13(4)15(14(5)12(10)3)20(17,18)16-8-7-9-19-6/h16H,7-9H2,1-6H3. The van der Waals surface area contributed by atoms with E-state index in [4.69, 9.17) is 4.74 Å². The third-order valence-corrected chi connectivity index (χ3v) is 5.75. The Labute approximate surface area is 122 Å². The van der Waals surface area contributed by atoms with Crippen molar-refractivity contribution in [1.29, 1.82) is 0 Å². The SMILES string of the molecule is COCCCNS(=O)(=O)c1c(C)c(C)c(C)c(C)c1C. The van der Waals surface area contributed by atoms with E-state index < -0.39 is 10.0 Å². The molecule has 0 spiro atoms. The van der Waals surface area contributed by atoms with Crippen LogP contribution in [0.25, 0.3) is 0 Å². The zero-order chi connectivity index (χ0) is 15.5. The summed E-state index contributed by atoms with van der Waals surface area (Å²) in [4.78, 5) is 0.426. The molecular formula is C15H25NO3S. The Kier molecular flexibility index (Phi) is 5.74. The first-order chi connectivity index (χ1) is 9.24. The van der Waals surface area contributed by atoms with Crippen molar-refractivity contribution >= 4 is 10.0 Å². The van der Waals surface area contributed by atoms with Crippen LogP contribution in [0.4, 0.5) is 0 Å². The maximum atomic E-state index is 12.5. The van der Waals surface area contributed by atoms with Gasteiger partial charge >= 0.3 is 0 Å². The second kappa shape index (κ2) is 6.70. The number of rotatable bonds is 6. The van der Waals surface area contributed by atoms with Crippen LogP contribution in [0.3, 0.4) is 0 Å². The lowest BCUT2D eigenvalue weighted by Crippen LogP contribution is -2.27. The molecule has 1 rings (SSSR count). The monoisotopic (exact) mass is 299 g/mol. The van der Waals surface area contributed by atoms with Gasteiger partial charge in [-0.3, -0.25) is 0 Å². The van der Waals surface area contributed by atoms with Gasteiger partial charge in [-0.15, -0.1) is 0 Å². The molecule has 0 saturated heterocycles. The van der Waals surface area contributed by atoms with Crippen LogP contribution in [0, 0.1) is 34.6 Å². The van der Waals surface area contributed by atoms with Crippen LogP contribution >= 0.6 is 0 Å². The van der Waals surface area contributed by atoms with Crippen molar-refractivity contribution < 1.29 is 13.2 Å². The first-order valence-electron chi connectivity index (χ1n) is 6.79. The third-order valence-electron chi connectivity index (χ3n) is 4.02. The van der Waals surface area contributed by atoms with Crippen molar-refractivity contribution in [2.75, 3.05) is 20.3 Å². The van der Waals surface area contributed by atoms with Gasteiger partial charge in [-0.1, -0.05) is 0 Å². The Morgan fingerprint density at radius 3 is 1.80 bits per heavy atom. The van der Waals surface area contributed by atoms with Gasteiger partial charge in [0.2, 0.25) is 10.0 Å². The van der Waals surface area contributed by atoms with E-state index in [0.29, 0.717) is 24.5 Å². The highest BCUT2D eigenvalue weighted by Gasteiger charge is 2.22. The van der Waals surface area contributed by atoms with E-state index in [0.717, 1.165) is 22.3 Å². The average molecular weight is 299 g/mol. The largest absolute Gasteiger partial charge is 0.385 e. The minimum absolute atomic E-state index is 0.390. The van der Waals surface area contributed by atoms with Gasteiger partial charge in [0.05, 0.1) is 4.90 Å². The van der Waals surface area contributed by atoms with Crippen LogP contribution in [0.15, 0.2) is 4.90 Å². The Hall–Kier alpha value is -0.910. The molecule has 0 aliphatic carbocycles. The zero-order valence-corrected chi connectivity index (χ0v) is 14.1. The van der Waals surface area contributed by atoms with E-state index in [9.17, 15) is 8.42 Å². The summed E-state index contributed by atoms with van der Waals surface area (Å²) in [6.07, 6.45) is 0.664. The van der Waals surface area contributed by atoms with Crippen molar-refractivity contribution in [3.8, 4) is 0 Å². The molecule has 20 heavy (non-hydrogen) atoms.